The molecular weight excluding hydrogens is 282 g/mol. The quantitative estimate of drug-likeness (QED) is 0.857. The van der Waals surface area contributed by atoms with E-state index < -0.39 is 6.04 Å². The van der Waals surface area contributed by atoms with E-state index in [1.165, 1.54) is 0 Å². The number of para-hydroxylation sites is 2. The van der Waals surface area contributed by atoms with E-state index in [1.54, 1.807) is 12.0 Å². The van der Waals surface area contributed by atoms with Crippen LogP contribution in [0.1, 0.15) is 19.3 Å². The van der Waals surface area contributed by atoms with Gasteiger partial charge in [-0.05, 0) is 37.9 Å². The van der Waals surface area contributed by atoms with Crippen molar-refractivity contribution in [1.82, 2.24) is 10.6 Å². The van der Waals surface area contributed by atoms with E-state index in [9.17, 15) is 9.59 Å². The minimum Gasteiger partial charge on any atom is -0.495 e. The number of benzene rings is 1. The van der Waals surface area contributed by atoms with Crippen molar-refractivity contribution in [3.63, 3.8) is 0 Å². The van der Waals surface area contributed by atoms with Gasteiger partial charge in [-0.1, -0.05) is 12.1 Å². The molecule has 2 atom stereocenters. The smallest absolute Gasteiger partial charge is 0.249 e. The zero-order valence-corrected chi connectivity index (χ0v) is 12.7. The van der Waals surface area contributed by atoms with Gasteiger partial charge in [0.25, 0.3) is 0 Å². The monoisotopic (exact) mass is 303 g/mol. The standard InChI is InChI=1S/C16H21N3O3/c1-22-14-7-3-2-6-13(14)19-10-8-12(16(19)21)18-15(20)11-5-4-9-17-11/h2-3,6-7,11-12,17H,4-5,8-10H2,1H3,(H,18,20). The lowest BCUT2D eigenvalue weighted by Gasteiger charge is -2.20. The zero-order chi connectivity index (χ0) is 15.5. The fourth-order valence-corrected chi connectivity index (χ4v) is 3.09. The summed E-state index contributed by atoms with van der Waals surface area (Å²) in [6.07, 6.45) is 2.46. The Labute approximate surface area is 129 Å². The maximum absolute atomic E-state index is 12.6. The van der Waals surface area contributed by atoms with Crippen molar-refractivity contribution >= 4 is 17.5 Å². The summed E-state index contributed by atoms with van der Waals surface area (Å²) < 4.78 is 5.31. The first-order valence-corrected chi connectivity index (χ1v) is 7.69. The van der Waals surface area contributed by atoms with E-state index in [0.29, 0.717) is 18.7 Å². The maximum Gasteiger partial charge on any atom is 0.249 e. The number of nitrogens with one attached hydrogen (secondary N) is 2. The van der Waals surface area contributed by atoms with Gasteiger partial charge in [-0.25, -0.2) is 0 Å². The number of amides is 2. The Balaban J connectivity index is 1.68. The van der Waals surface area contributed by atoms with Crippen LogP contribution in [0.15, 0.2) is 24.3 Å². The average molecular weight is 303 g/mol. The molecule has 6 heteroatoms. The van der Waals surface area contributed by atoms with Crippen LogP contribution in [-0.2, 0) is 9.59 Å². The van der Waals surface area contributed by atoms with Crippen LogP contribution in [-0.4, -0.2) is 44.1 Å². The number of ether oxygens (including phenoxy) is 1. The van der Waals surface area contributed by atoms with Crippen LogP contribution in [0.2, 0.25) is 0 Å². The van der Waals surface area contributed by atoms with Crippen molar-refractivity contribution in [1.29, 1.82) is 0 Å². The first-order chi connectivity index (χ1) is 10.7. The highest BCUT2D eigenvalue weighted by Crippen LogP contribution is 2.31. The molecule has 0 radical (unpaired) electrons. The van der Waals surface area contributed by atoms with E-state index in [0.717, 1.165) is 25.1 Å². The molecule has 2 N–H and O–H groups in total. The summed E-state index contributed by atoms with van der Waals surface area (Å²) in [7, 11) is 1.59. The van der Waals surface area contributed by atoms with Gasteiger partial charge >= 0.3 is 0 Å². The molecule has 0 bridgehead atoms. The predicted molar refractivity (Wildman–Crippen MR) is 82.9 cm³/mol. The molecule has 0 saturated carbocycles. The summed E-state index contributed by atoms with van der Waals surface area (Å²) in [6.45, 7) is 1.45. The van der Waals surface area contributed by atoms with Gasteiger partial charge in [-0.2, -0.15) is 0 Å². The zero-order valence-electron chi connectivity index (χ0n) is 12.7. The molecule has 6 nitrogen and oxygen atoms in total. The van der Waals surface area contributed by atoms with E-state index in [4.69, 9.17) is 4.74 Å². The van der Waals surface area contributed by atoms with Crippen molar-refractivity contribution in [3.8, 4) is 5.75 Å². The average Bonchev–Trinajstić information content (AvgIpc) is 3.18. The number of hydrogen-bond donors (Lipinski definition) is 2. The van der Waals surface area contributed by atoms with Crippen LogP contribution in [0.3, 0.4) is 0 Å². The number of anilines is 1. The van der Waals surface area contributed by atoms with Crippen LogP contribution in [0, 0.1) is 0 Å². The van der Waals surface area contributed by atoms with Crippen LogP contribution in [0.25, 0.3) is 0 Å². The van der Waals surface area contributed by atoms with Crippen molar-refractivity contribution in [2.45, 2.75) is 31.3 Å². The minimum absolute atomic E-state index is 0.0715. The van der Waals surface area contributed by atoms with Gasteiger partial charge in [0, 0.05) is 6.54 Å². The van der Waals surface area contributed by atoms with Gasteiger partial charge in [-0.3, -0.25) is 9.59 Å². The molecule has 0 aliphatic carbocycles. The van der Waals surface area contributed by atoms with Crippen LogP contribution < -0.4 is 20.3 Å². The van der Waals surface area contributed by atoms with E-state index in [-0.39, 0.29) is 17.9 Å². The Morgan fingerprint density at radius 3 is 2.91 bits per heavy atom. The largest absolute Gasteiger partial charge is 0.495 e. The van der Waals surface area contributed by atoms with Gasteiger partial charge in [0.15, 0.2) is 0 Å². The number of carbonyl (C=O) groups is 2. The fraction of sp³-hybridized carbons (Fsp3) is 0.500. The molecule has 2 saturated heterocycles. The predicted octanol–water partition coefficient (Wildman–Crippen LogP) is 0.669. The minimum atomic E-state index is -0.445. The van der Waals surface area contributed by atoms with E-state index >= 15 is 0 Å². The topological polar surface area (TPSA) is 70.7 Å². The summed E-state index contributed by atoms with van der Waals surface area (Å²) in [5.41, 5.74) is 0.755. The number of methoxy groups -OCH3 is 1. The van der Waals surface area contributed by atoms with Crippen molar-refractivity contribution in [2.24, 2.45) is 0 Å². The van der Waals surface area contributed by atoms with Gasteiger partial charge < -0.3 is 20.3 Å². The highest BCUT2D eigenvalue weighted by Gasteiger charge is 2.36. The first-order valence-electron chi connectivity index (χ1n) is 7.69. The molecule has 2 aliphatic heterocycles. The van der Waals surface area contributed by atoms with Crippen molar-refractivity contribution in [3.05, 3.63) is 24.3 Å². The number of rotatable bonds is 4. The molecule has 2 aliphatic rings. The highest BCUT2D eigenvalue weighted by atomic mass is 16.5. The lowest BCUT2D eigenvalue weighted by molar-refractivity contribution is -0.127. The molecule has 2 unspecified atom stereocenters. The molecule has 2 amide bonds. The lowest BCUT2D eigenvalue weighted by atomic mass is 10.2. The summed E-state index contributed by atoms with van der Waals surface area (Å²) >= 11 is 0. The lowest BCUT2D eigenvalue weighted by Crippen LogP contribution is -2.48. The number of nitrogens with zero attached hydrogens (tertiary/aromatic N) is 1. The molecule has 22 heavy (non-hydrogen) atoms. The van der Waals surface area contributed by atoms with Crippen LogP contribution in [0.4, 0.5) is 5.69 Å². The number of carbonyl (C=O) groups excluding carboxylic acids is 2. The van der Waals surface area contributed by atoms with E-state index in [2.05, 4.69) is 10.6 Å². The molecule has 0 spiro atoms. The second kappa shape index (κ2) is 6.36. The van der Waals surface area contributed by atoms with Crippen molar-refractivity contribution < 1.29 is 14.3 Å². The van der Waals surface area contributed by atoms with E-state index in [1.807, 2.05) is 24.3 Å². The summed E-state index contributed by atoms with van der Waals surface area (Å²) in [4.78, 5) is 26.4. The molecule has 3 rings (SSSR count). The fourth-order valence-electron chi connectivity index (χ4n) is 3.09. The summed E-state index contributed by atoms with van der Waals surface area (Å²) in [5, 5.41) is 6.02. The Kier molecular flexibility index (Phi) is 4.29. The second-order valence-corrected chi connectivity index (χ2v) is 5.66. The molecule has 1 aromatic carbocycles. The third kappa shape index (κ3) is 2.78. The molecule has 2 fully saturated rings. The Hall–Kier alpha value is -2.08. The first kappa shape index (κ1) is 14.8. The van der Waals surface area contributed by atoms with Crippen LogP contribution in [0.5, 0.6) is 5.75 Å². The normalized spacial score (nSPS) is 24.6. The summed E-state index contributed by atoms with van der Waals surface area (Å²) in [6, 6.07) is 6.83. The van der Waals surface area contributed by atoms with Gasteiger partial charge in [-0.15, -0.1) is 0 Å². The molecule has 0 aromatic heterocycles. The third-order valence-corrected chi connectivity index (χ3v) is 4.27. The SMILES string of the molecule is COc1ccccc1N1CCC(NC(=O)C2CCCN2)C1=O. The second-order valence-electron chi connectivity index (χ2n) is 5.66. The van der Waals surface area contributed by atoms with Gasteiger partial charge in [0.05, 0.1) is 18.8 Å². The Bertz CT molecular complexity index is 570. The third-order valence-electron chi connectivity index (χ3n) is 4.27. The molecule has 1 aromatic rings. The van der Waals surface area contributed by atoms with Crippen molar-refractivity contribution in [2.75, 3.05) is 25.1 Å². The molecule has 118 valence electrons. The molecule has 2 heterocycles. The van der Waals surface area contributed by atoms with Gasteiger partial charge in [0.2, 0.25) is 11.8 Å². The number of hydrogen-bond acceptors (Lipinski definition) is 4. The van der Waals surface area contributed by atoms with Gasteiger partial charge in [0.1, 0.15) is 11.8 Å². The maximum atomic E-state index is 12.6. The Morgan fingerprint density at radius 1 is 1.36 bits per heavy atom. The summed E-state index contributed by atoms with van der Waals surface area (Å²) in [5.74, 6) is 0.522. The molecular formula is C16H21N3O3. The Morgan fingerprint density at radius 2 is 2.18 bits per heavy atom. The van der Waals surface area contributed by atoms with Crippen LogP contribution >= 0.6 is 0 Å². The highest BCUT2D eigenvalue weighted by molar-refractivity contribution is 6.02.